The summed E-state index contributed by atoms with van der Waals surface area (Å²) < 4.78 is 5.20. The van der Waals surface area contributed by atoms with Crippen molar-refractivity contribution < 1.29 is 18.8 Å². The average Bonchev–Trinajstić information content (AvgIpc) is 3.41. The number of carbonyl (C=O) groups is 3. The van der Waals surface area contributed by atoms with Crippen molar-refractivity contribution in [2.75, 3.05) is 13.1 Å². The molecule has 4 heterocycles. The van der Waals surface area contributed by atoms with E-state index in [0.29, 0.717) is 17.2 Å². The fraction of sp³-hybridized carbons (Fsp3) is 0.304. The van der Waals surface area contributed by atoms with Gasteiger partial charge in [0, 0.05) is 31.9 Å². The number of hydrogen-bond acceptors (Lipinski definition) is 6. The number of piperidine rings is 1. The maximum Gasteiger partial charge on any atom is 0.293 e. The number of imide groups is 1. The van der Waals surface area contributed by atoms with E-state index in [9.17, 15) is 14.4 Å². The molecule has 160 valence electrons. The second-order valence-electron chi connectivity index (χ2n) is 7.37. The molecule has 8 heteroatoms. The molecule has 2 aromatic heterocycles. The van der Waals surface area contributed by atoms with Gasteiger partial charge in [-0.2, -0.15) is 0 Å². The minimum Gasteiger partial charge on any atom is -0.465 e. The van der Waals surface area contributed by atoms with Gasteiger partial charge in [-0.15, -0.1) is 0 Å². The Morgan fingerprint density at radius 3 is 2.94 bits per heavy atom. The molecule has 0 saturated carbocycles. The number of carbonyl (C=O) groups excluding carboxylic acids is 3. The van der Waals surface area contributed by atoms with Gasteiger partial charge in [-0.25, -0.2) is 0 Å². The first kappa shape index (κ1) is 21.1. The van der Waals surface area contributed by atoms with E-state index < -0.39 is 0 Å². The molecule has 0 bridgehead atoms. The molecule has 0 N–H and O–H groups in total. The Balaban J connectivity index is 1.37. The number of thioether (sulfide) groups is 1. The predicted molar refractivity (Wildman–Crippen MR) is 118 cm³/mol. The molecule has 1 atom stereocenters. The topological polar surface area (TPSA) is 83.7 Å². The van der Waals surface area contributed by atoms with Gasteiger partial charge in [0.15, 0.2) is 0 Å². The quantitative estimate of drug-likeness (QED) is 0.623. The predicted octanol–water partition coefficient (Wildman–Crippen LogP) is 4.41. The van der Waals surface area contributed by atoms with Crippen LogP contribution in [0.5, 0.6) is 0 Å². The summed E-state index contributed by atoms with van der Waals surface area (Å²) in [6, 6.07) is 7.42. The summed E-state index contributed by atoms with van der Waals surface area (Å²) >= 11 is 0.887. The van der Waals surface area contributed by atoms with Crippen molar-refractivity contribution in [1.29, 1.82) is 0 Å². The van der Waals surface area contributed by atoms with Crippen LogP contribution in [0.4, 0.5) is 4.79 Å². The molecular formula is C23H23N3O4S. The Hall–Kier alpha value is -3.13. The highest BCUT2D eigenvalue weighted by molar-refractivity contribution is 8.18. The Labute approximate surface area is 184 Å². The molecule has 0 aliphatic carbocycles. The Morgan fingerprint density at radius 1 is 1.26 bits per heavy atom. The molecular weight excluding hydrogens is 414 g/mol. The second-order valence-corrected chi connectivity index (χ2v) is 8.36. The lowest BCUT2D eigenvalue weighted by molar-refractivity contribution is -0.135. The number of likely N-dealkylation sites (tertiary alicyclic amines) is 1. The number of rotatable bonds is 6. The number of allylic oxidation sites excluding steroid dienone is 2. The third-order valence-electron chi connectivity index (χ3n) is 5.37. The van der Waals surface area contributed by atoms with Gasteiger partial charge in [0.25, 0.3) is 11.1 Å². The summed E-state index contributed by atoms with van der Waals surface area (Å²) in [5.74, 6) is 0.245. The Kier molecular flexibility index (Phi) is 6.66. The number of nitrogens with zero attached hydrogens (tertiary/aromatic N) is 3. The Bertz CT molecular complexity index is 1000. The summed E-state index contributed by atoms with van der Waals surface area (Å²) in [5, 5.41) is -0.349. The van der Waals surface area contributed by atoms with Crippen LogP contribution in [-0.4, -0.2) is 44.9 Å². The Morgan fingerprint density at radius 2 is 2.16 bits per heavy atom. The van der Waals surface area contributed by atoms with Crippen molar-refractivity contribution in [3.63, 3.8) is 0 Å². The fourth-order valence-corrected chi connectivity index (χ4v) is 4.64. The molecule has 31 heavy (non-hydrogen) atoms. The minimum absolute atomic E-state index is 0.00324. The molecule has 3 amide bonds. The first-order valence-electron chi connectivity index (χ1n) is 10.3. The second kappa shape index (κ2) is 9.78. The van der Waals surface area contributed by atoms with Crippen LogP contribution >= 0.6 is 11.8 Å². The molecule has 2 aliphatic heterocycles. The van der Waals surface area contributed by atoms with Gasteiger partial charge in [0.2, 0.25) is 5.91 Å². The van der Waals surface area contributed by atoms with Crippen LogP contribution in [0.15, 0.2) is 64.4 Å². The van der Waals surface area contributed by atoms with Gasteiger partial charge in [0.05, 0.1) is 17.2 Å². The molecule has 2 saturated heterocycles. The number of furan rings is 1. The van der Waals surface area contributed by atoms with Crippen molar-refractivity contribution in [3.05, 3.63) is 71.3 Å². The van der Waals surface area contributed by atoms with Crippen molar-refractivity contribution in [3.8, 4) is 0 Å². The maximum atomic E-state index is 13.0. The lowest BCUT2D eigenvalue weighted by Crippen LogP contribution is -2.40. The van der Waals surface area contributed by atoms with Crippen LogP contribution in [0, 0.1) is 0 Å². The summed E-state index contributed by atoms with van der Waals surface area (Å²) in [6.45, 7) is 0.761. The van der Waals surface area contributed by atoms with Gasteiger partial charge < -0.3 is 9.32 Å². The number of aromatic nitrogens is 1. The number of hydrogen-bond donors (Lipinski definition) is 0. The van der Waals surface area contributed by atoms with Gasteiger partial charge in [0.1, 0.15) is 5.76 Å². The highest BCUT2D eigenvalue weighted by Gasteiger charge is 2.36. The van der Waals surface area contributed by atoms with Crippen molar-refractivity contribution in [2.45, 2.75) is 31.7 Å². The van der Waals surface area contributed by atoms with Gasteiger partial charge in [-0.3, -0.25) is 24.3 Å². The average molecular weight is 438 g/mol. The van der Waals surface area contributed by atoms with Crippen LogP contribution in [-0.2, 0) is 9.59 Å². The van der Waals surface area contributed by atoms with E-state index in [4.69, 9.17) is 4.42 Å². The maximum absolute atomic E-state index is 13.0. The van der Waals surface area contributed by atoms with E-state index >= 15 is 0 Å². The number of pyridine rings is 1. The normalized spacial score (nSPS) is 20.9. The van der Waals surface area contributed by atoms with Crippen molar-refractivity contribution in [2.24, 2.45) is 0 Å². The van der Waals surface area contributed by atoms with Crippen LogP contribution in [0.1, 0.15) is 43.0 Å². The van der Waals surface area contributed by atoms with Crippen LogP contribution in [0.2, 0.25) is 0 Å². The number of amides is 3. The van der Waals surface area contributed by atoms with E-state index in [-0.39, 0.29) is 36.1 Å². The SMILES string of the molecule is O=C1SC(=CC=Cc2ccco2)C(=O)N1CCC(=O)N1CCCCC1c1cccnc1. The standard InChI is InChI=1S/C23H23N3O4S/c27-21(25-13-2-1-9-19(25)17-6-4-12-24-16-17)11-14-26-22(28)20(31-23(26)29)10-3-7-18-8-5-15-30-18/h3-8,10,12,15-16,19H,1-2,9,11,13-14H2. The summed E-state index contributed by atoms with van der Waals surface area (Å²) in [6.07, 6.45) is 13.1. The van der Waals surface area contributed by atoms with Crippen molar-refractivity contribution >= 4 is 34.9 Å². The molecule has 0 radical (unpaired) electrons. The molecule has 2 fully saturated rings. The van der Waals surface area contributed by atoms with Crippen LogP contribution in [0.25, 0.3) is 6.08 Å². The molecule has 1 unspecified atom stereocenters. The van der Waals surface area contributed by atoms with E-state index in [1.807, 2.05) is 17.0 Å². The van der Waals surface area contributed by atoms with Crippen LogP contribution in [0.3, 0.4) is 0 Å². The first-order valence-corrected chi connectivity index (χ1v) is 11.1. The monoisotopic (exact) mass is 437 g/mol. The first-order chi connectivity index (χ1) is 15.1. The van der Waals surface area contributed by atoms with Crippen LogP contribution < -0.4 is 0 Å². The summed E-state index contributed by atoms with van der Waals surface area (Å²) in [4.78, 5) is 45.4. The zero-order valence-corrected chi connectivity index (χ0v) is 17.8. The van der Waals surface area contributed by atoms with E-state index in [2.05, 4.69) is 4.98 Å². The third kappa shape index (κ3) is 4.96. The molecule has 0 spiro atoms. The van der Waals surface area contributed by atoms with Gasteiger partial charge in [-0.1, -0.05) is 12.1 Å². The minimum atomic E-state index is -0.366. The van der Waals surface area contributed by atoms with E-state index in [0.717, 1.165) is 41.5 Å². The summed E-state index contributed by atoms with van der Waals surface area (Å²) in [7, 11) is 0. The zero-order chi connectivity index (χ0) is 21.6. The highest BCUT2D eigenvalue weighted by atomic mass is 32.2. The molecule has 7 nitrogen and oxygen atoms in total. The fourth-order valence-electron chi connectivity index (χ4n) is 3.82. The largest absolute Gasteiger partial charge is 0.465 e. The lowest BCUT2D eigenvalue weighted by Gasteiger charge is -2.36. The molecule has 4 rings (SSSR count). The third-order valence-corrected chi connectivity index (χ3v) is 6.29. The van der Waals surface area contributed by atoms with E-state index in [1.54, 1.807) is 49.0 Å². The molecule has 2 aromatic rings. The molecule has 0 aromatic carbocycles. The highest BCUT2D eigenvalue weighted by Crippen LogP contribution is 2.33. The van der Waals surface area contributed by atoms with E-state index in [1.165, 1.54) is 0 Å². The lowest BCUT2D eigenvalue weighted by atomic mass is 9.96. The summed E-state index contributed by atoms with van der Waals surface area (Å²) in [5.41, 5.74) is 1.02. The van der Waals surface area contributed by atoms with Crippen molar-refractivity contribution in [1.82, 2.24) is 14.8 Å². The molecule has 2 aliphatic rings. The smallest absolute Gasteiger partial charge is 0.293 e. The van der Waals surface area contributed by atoms with Gasteiger partial charge >= 0.3 is 0 Å². The van der Waals surface area contributed by atoms with Gasteiger partial charge in [-0.05, 0) is 66.9 Å². The zero-order valence-electron chi connectivity index (χ0n) is 17.0.